The molecule has 3 nitrogen and oxygen atoms in total. The van der Waals surface area contributed by atoms with E-state index in [1.54, 1.807) is 12.1 Å². The van der Waals surface area contributed by atoms with Gasteiger partial charge in [-0.25, -0.2) is 4.79 Å². The Hall–Kier alpha value is -1.51. The molecule has 0 aromatic heterocycles. The normalized spacial score (nSPS) is 39.3. The Morgan fingerprint density at radius 3 is 2.33 bits per heavy atom. The van der Waals surface area contributed by atoms with Crippen LogP contribution in [0.4, 0.5) is 4.79 Å². The summed E-state index contributed by atoms with van der Waals surface area (Å²) in [4.78, 5) is 12.5. The number of fused-ring (bicyclic) bond motifs is 5. The Labute approximate surface area is 239 Å². The van der Waals surface area contributed by atoms with Crippen molar-refractivity contribution in [2.75, 3.05) is 0 Å². The van der Waals surface area contributed by atoms with Crippen LogP contribution in [0.1, 0.15) is 119 Å². The summed E-state index contributed by atoms with van der Waals surface area (Å²) in [5.74, 6) is 7.39. The Bertz CT molecular complexity index is 957. The van der Waals surface area contributed by atoms with E-state index in [0.717, 1.165) is 54.3 Å². The topological polar surface area (TPSA) is 35.5 Å². The van der Waals surface area contributed by atoms with E-state index < -0.39 is 6.16 Å². The maximum Gasteiger partial charge on any atom is 0.514 e. The van der Waals surface area contributed by atoms with Crippen molar-refractivity contribution in [1.82, 2.24) is 0 Å². The zero-order valence-electron chi connectivity index (χ0n) is 25.8. The molecule has 1 aromatic carbocycles. The van der Waals surface area contributed by atoms with Crippen LogP contribution in [0.5, 0.6) is 5.75 Å². The summed E-state index contributed by atoms with van der Waals surface area (Å²) in [5, 5.41) is 0. The molecule has 1 aromatic rings. The largest absolute Gasteiger partial charge is 0.514 e. The Morgan fingerprint density at radius 2 is 1.62 bits per heavy atom. The lowest BCUT2D eigenvalue weighted by atomic mass is 9.44. The highest BCUT2D eigenvalue weighted by atomic mass is 16.7. The van der Waals surface area contributed by atoms with E-state index >= 15 is 0 Å². The molecule has 4 fully saturated rings. The maximum atomic E-state index is 12.5. The number of hydrogen-bond donors (Lipinski definition) is 0. The standard InChI is InChI=1S/C36H56O3/c1-7-26(24(2)3)14-13-25(4)31-17-18-32-30-16-15-27-23-29(39-34(37)38-28-11-9-8-10-12-28)19-21-35(27,5)33(30)20-22-36(31,32)6/h8-12,24-27,29-33H,7,13-23H2,1-6H3/t25-,26-,27?,29?,30+,31-,32+,33+,35+,36-/m1/s1. The van der Waals surface area contributed by atoms with Crippen molar-refractivity contribution in [2.45, 2.75) is 125 Å². The SMILES string of the molecule is CC[C@H](CC[C@@H](C)[C@H]1CC[C@H]2[C@@H]3CCC4CC(OC(=O)Oc5ccccc5)CC[C@]4(C)[C@H]3CC[C@]12C)C(C)C. The zero-order valence-corrected chi connectivity index (χ0v) is 25.8. The molecule has 0 heterocycles. The fraction of sp³-hybridized carbons (Fsp3) is 0.806. The van der Waals surface area contributed by atoms with Crippen LogP contribution in [0.25, 0.3) is 0 Å². The van der Waals surface area contributed by atoms with Crippen molar-refractivity contribution in [3.05, 3.63) is 30.3 Å². The monoisotopic (exact) mass is 536 g/mol. The van der Waals surface area contributed by atoms with Gasteiger partial charge in [0.25, 0.3) is 0 Å². The van der Waals surface area contributed by atoms with Crippen LogP contribution in [-0.4, -0.2) is 12.3 Å². The molecular weight excluding hydrogens is 480 g/mol. The third-order valence-electron chi connectivity index (χ3n) is 13.0. The number of carbonyl (C=O) groups excluding carboxylic acids is 1. The van der Waals surface area contributed by atoms with E-state index in [1.165, 1.54) is 64.2 Å². The molecule has 5 rings (SSSR count). The summed E-state index contributed by atoms with van der Waals surface area (Å²) in [5.41, 5.74) is 0.952. The maximum absolute atomic E-state index is 12.5. The van der Waals surface area contributed by atoms with Gasteiger partial charge in [0.15, 0.2) is 0 Å². The minimum atomic E-state index is -0.540. The molecule has 0 aliphatic heterocycles. The van der Waals surface area contributed by atoms with E-state index in [-0.39, 0.29) is 6.10 Å². The average molecular weight is 537 g/mol. The molecule has 0 bridgehead atoms. The van der Waals surface area contributed by atoms with Gasteiger partial charge in [0.2, 0.25) is 0 Å². The van der Waals surface area contributed by atoms with Gasteiger partial charge in [0.05, 0.1) is 0 Å². The number of hydrogen-bond acceptors (Lipinski definition) is 3. The van der Waals surface area contributed by atoms with Gasteiger partial charge in [-0.1, -0.05) is 72.6 Å². The molecule has 10 atom stereocenters. The predicted octanol–water partition coefficient (Wildman–Crippen LogP) is 10.3. The van der Waals surface area contributed by atoms with E-state index in [0.29, 0.717) is 22.5 Å². The second kappa shape index (κ2) is 11.8. The third kappa shape index (κ3) is 5.67. The molecule has 0 N–H and O–H groups in total. The van der Waals surface area contributed by atoms with Gasteiger partial charge in [-0.2, -0.15) is 0 Å². The summed E-state index contributed by atoms with van der Waals surface area (Å²) >= 11 is 0. The predicted molar refractivity (Wildman–Crippen MR) is 160 cm³/mol. The molecular formula is C36H56O3. The van der Waals surface area contributed by atoms with Gasteiger partial charge in [0, 0.05) is 0 Å². The molecule has 218 valence electrons. The van der Waals surface area contributed by atoms with Crippen molar-refractivity contribution < 1.29 is 14.3 Å². The smallest absolute Gasteiger partial charge is 0.431 e. The molecule has 4 saturated carbocycles. The number of ether oxygens (including phenoxy) is 2. The summed E-state index contributed by atoms with van der Waals surface area (Å²) in [7, 11) is 0. The van der Waals surface area contributed by atoms with Gasteiger partial charge < -0.3 is 9.47 Å². The zero-order chi connectivity index (χ0) is 27.8. The van der Waals surface area contributed by atoms with Crippen molar-refractivity contribution in [3.8, 4) is 5.75 Å². The minimum Gasteiger partial charge on any atom is -0.431 e. The highest BCUT2D eigenvalue weighted by Gasteiger charge is 2.60. The Morgan fingerprint density at radius 1 is 0.897 bits per heavy atom. The summed E-state index contributed by atoms with van der Waals surface area (Å²) in [6.45, 7) is 15.1. The molecule has 4 aliphatic rings. The van der Waals surface area contributed by atoms with Crippen LogP contribution in [0.15, 0.2) is 30.3 Å². The fourth-order valence-electron chi connectivity index (χ4n) is 10.7. The quantitative estimate of drug-likeness (QED) is 0.245. The highest BCUT2D eigenvalue weighted by Crippen LogP contribution is 2.68. The summed E-state index contributed by atoms with van der Waals surface area (Å²) < 4.78 is 11.3. The van der Waals surface area contributed by atoms with E-state index in [9.17, 15) is 4.79 Å². The van der Waals surface area contributed by atoms with Gasteiger partial charge in [-0.3, -0.25) is 0 Å². The Kier molecular flexibility index (Phi) is 8.75. The van der Waals surface area contributed by atoms with Crippen LogP contribution in [0.2, 0.25) is 0 Å². The number of carbonyl (C=O) groups is 1. The highest BCUT2D eigenvalue weighted by molar-refractivity contribution is 5.63. The first-order valence-corrected chi connectivity index (χ1v) is 16.6. The van der Waals surface area contributed by atoms with E-state index in [1.807, 2.05) is 18.2 Å². The van der Waals surface area contributed by atoms with Crippen molar-refractivity contribution in [3.63, 3.8) is 0 Å². The molecule has 39 heavy (non-hydrogen) atoms. The minimum absolute atomic E-state index is 0.000750. The van der Waals surface area contributed by atoms with E-state index in [2.05, 4.69) is 41.5 Å². The second-order valence-electron chi connectivity index (χ2n) is 15.0. The van der Waals surface area contributed by atoms with Crippen LogP contribution in [0, 0.1) is 58.2 Å². The van der Waals surface area contributed by atoms with Crippen molar-refractivity contribution in [2.24, 2.45) is 58.2 Å². The first-order valence-electron chi connectivity index (χ1n) is 16.6. The molecule has 4 aliphatic carbocycles. The Balaban J connectivity index is 1.19. The lowest BCUT2D eigenvalue weighted by Gasteiger charge is -2.61. The van der Waals surface area contributed by atoms with Crippen LogP contribution < -0.4 is 4.74 Å². The van der Waals surface area contributed by atoms with Crippen LogP contribution in [-0.2, 0) is 4.74 Å². The molecule has 0 radical (unpaired) electrons. The molecule has 3 heteroatoms. The lowest BCUT2D eigenvalue weighted by Crippen LogP contribution is -2.54. The second-order valence-corrected chi connectivity index (χ2v) is 15.0. The number of benzene rings is 1. The van der Waals surface area contributed by atoms with Gasteiger partial charge in [-0.15, -0.1) is 0 Å². The van der Waals surface area contributed by atoms with E-state index in [4.69, 9.17) is 9.47 Å². The molecule has 2 unspecified atom stereocenters. The first kappa shape index (κ1) is 29.0. The van der Waals surface area contributed by atoms with Gasteiger partial charge in [-0.05, 0) is 135 Å². The number of rotatable bonds is 8. The lowest BCUT2D eigenvalue weighted by molar-refractivity contribution is -0.131. The van der Waals surface area contributed by atoms with Crippen molar-refractivity contribution >= 4 is 6.16 Å². The van der Waals surface area contributed by atoms with Crippen molar-refractivity contribution in [1.29, 1.82) is 0 Å². The number of para-hydroxylation sites is 1. The summed E-state index contributed by atoms with van der Waals surface area (Å²) in [6, 6.07) is 9.29. The van der Waals surface area contributed by atoms with Gasteiger partial charge in [0.1, 0.15) is 11.9 Å². The average Bonchev–Trinajstić information content (AvgIpc) is 3.27. The first-order chi connectivity index (χ1) is 18.7. The van der Waals surface area contributed by atoms with Crippen LogP contribution >= 0.6 is 0 Å². The third-order valence-corrected chi connectivity index (χ3v) is 13.0. The molecule has 0 amide bonds. The van der Waals surface area contributed by atoms with Crippen LogP contribution in [0.3, 0.4) is 0 Å². The fourth-order valence-corrected chi connectivity index (χ4v) is 10.7. The molecule has 0 spiro atoms. The summed E-state index contributed by atoms with van der Waals surface area (Å²) in [6.07, 6.45) is 15.3. The molecule has 0 saturated heterocycles. The van der Waals surface area contributed by atoms with Gasteiger partial charge >= 0.3 is 6.16 Å².